The van der Waals surface area contributed by atoms with Gasteiger partial charge in [-0.25, -0.2) is 0 Å². The van der Waals surface area contributed by atoms with Crippen LogP contribution in [0, 0.1) is 0 Å². The van der Waals surface area contributed by atoms with Crippen LogP contribution < -0.4 is 5.73 Å². The number of rotatable bonds is 3. The van der Waals surface area contributed by atoms with Crippen LogP contribution in [-0.4, -0.2) is 34.2 Å². The lowest BCUT2D eigenvalue weighted by molar-refractivity contribution is -0.0897. The molecule has 0 unspecified atom stereocenters. The van der Waals surface area contributed by atoms with Crippen LogP contribution in [0.25, 0.3) is 0 Å². The second-order valence-corrected chi connectivity index (χ2v) is 6.52. The van der Waals surface area contributed by atoms with Gasteiger partial charge in [0.05, 0.1) is 6.10 Å². The number of fused-ring (bicyclic) bond motifs is 3. The summed E-state index contributed by atoms with van der Waals surface area (Å²) in [5.41, 5.74) is 7.46. The highest BCUT2D eigenvalue weighted by atomic mass is 16.3. The average molecular weight is 260 g/mol. The third kappa shape index (κ3) is 2.20. The Morgan fingerprint density at radius 3 is 2.42 bits per heavy atom. The molecule has 1 aromatic rings. The fourth-order valence-electron chi connectivity index (χ4n) is 3.84. The van der Waals surface area contributed by atoms with Crippen LogP contribution in [0.15, 0.2) is 30.3 Å². The van der Waals surface area contributed by atoms with Crippen molar-refractivity contribution in [2.45, 2.75) is 55.8 Å². The van der Waals surface area contributed by atoms with E-state index in [9.17, 15) is 5.11 Å². The van der Waals surface area contributed by atoms with Gasteiger partial charge < -0.3 is 10.8 Å². The molecule has 3 N–H and O–H groups in total. The van der Waals surface area contributed by atoms with Gasteiger partial charge in [-0.1, -0.05) is 30.3 Å². The average Bonchev–Trinajstić information content (AvgIpc) is 2.42. The molecule has 0 saturated heterocycles. The van der Waals surface area contributed by atoms with E-state index in [-0.39, 0.29) is 17.2 Å². The number of nitrogens with zero attached hydrogens (tertiary/aromatic N) is 1. The van der Waals surface area contributed by atoms with Gasteiger partial charge in [0.15, 0.2) is 0 Å². The van der Waals surface area contributed by atoms with Crippen molar-refractivity contribution < 1.29 is 5.11 Å². The molecule has 3 aliphatic rings. The van der Waals surface area contributed by atoms with Crippen LogP contribution in [0.1, 0.15) is 37.7 Å². The summed E-state index contributed by atoms with van der Waals surface area (Å²) in [5.74, 6) is 0. The monoisotopic (exact) mass is 260 g/mol. The van der Waals surface area contributed by atoms with Gasteiger partial charge in [0.1, 0.15) is 0 Å². The van der Waals surface area contributed by atoms with Crippen molar-refractivity contribution in [1.82, 2.24) is 4.90 Å². The Balaban J connectivity index is 1.75. The second kappa shape index (κ2) is 4.58. The molecule has 19 heavy (non-hydrogen) atoms. The summed E-state index contributed by atoms with van der Waals surface area (Å²) < 4.78 is 0. The molecule has 2 bridgehead atoms. The number of benzene rings is 1. The molecule has 0 aromatic heterocycles. The first-order chi connectivity index (χ1) is 9.04. The van der Waals surface area contributed by atoms with Crippen molar-refractivity contribution in [3.63, 3.8) is 0 Å². The molecule has 3 fully saturated rings. The van der Waals surface area contributed by atoms with E-state index in [1.165, 1.54) is 5.56 Å². The molecule has 0 heterocycles. The van der Waals surface area contributed by atoms with Crippen LogP contribution in [0.2, 0.25) is 0 Å². The highest BCUT2D eigenvalue weighted by Gasteiger charge is 2.53. The predicted molar refractivity (Wildman–Crippen MR) is 76.7 cm³/mol. The van der Waals surface area contributed by atoms with Gasteiger partial charge >= 0.3 is 0 Å². The van der Waals surface area contributed by atoms with Gasteiger partial charge in [0.2, 0.25) is 0 Å². The molecular formula is C16H24N2O. The standard InChI is InChI=1S/C16H24N2O/c1-18(12-13-5-3-2-4-6-13)15-7-9-16(17,10-8-15)14(19)11-15/h2-6,14,19H,7-12,17H2,1H3/t14-,15?,16?/m0/s1. The van der Waals surface area contributed by atoms with Gasteiger partial charge in [-0.3, -0.25) is 4.90 Å². The number of aliphatic hydroxyl groups excluding tert-OH is 1. The topological polar surface area (TPSA) is 49.5 Å². The molecule has 3 nitrogen and oxygen atoms in total. The summed E-state index contributed by atoms with van der Waals surface area (Å²) >= 11 is 0. The van der Waals surface area contributed by atoms with Crippen molar-refractivity contribution in [2.24, 2.45) is 5.73 Å². The molecule has 0 radical (unpaired) electrons. The van der Waals surface area contributed by atoms with Gasteiger partial charge in [0.25, 0.3) is 0 Å². The SMILES string of the molecule is CN(Cc1ccccc1)C12CCC(N)(CC1)[C@@H](O)C2. The van der Waals surface area contributed by atoms with E-state index in [0.717, 1.165) is 38.6 Å². The highest BCUT2D eigenvalue weighted by Crippen LogP contribution is 2.48. The third-order valence-corrected chi connectivity index (χ3v) is 5.42. The Kier molecular flexibility index (Phi) is 3.16. The van der Waals surface area contributed by atoms with E-state index in [1.807, 2.05) is 0 Å². The zero-order valence-corrected chi connectivity index (χ0v) is 11.7. The van der Waals surface area contributed by atoms with E-state index >= 15 is 0 Å². The predicted octanol–water partition coefficient (Wildman–Crippen LogP) is 1.89. The summed E-state index contributed by atoms with van der Waals surface area (Å²) in [6.45, 7) is 0.950. The van der Waals surface area contributed by atoms with Gasteiger partial charge in [-0.15, -0.1) is 0 Å². The van der Waals surface area contributed by atoms with E-state index < -0.39 is 0 Å². The Bertz CT molecular complexity index is 437. The molecule has 0 spiro atoms. The molecule has 0 amide bonds. The summed E-state index contributed by atoms with van der Waals surface area (Å²) in [5, 5.41) is 10.3. The Hall–Kier alpha value is -0.900. The van der Waals surface area contributed by atoms with Crippen molar-refractivity contribution >= 4 is 0 Å². The molecule has 1 aromatic carbocycles. The minimum atomic E-state index is -0.340. The minimum Gasteiger partial charge on any atom is -0.391 e. The van der Waals surface area contributed by atoms with Crippen LogP contribution in [0.4, 0.5) is 0 Å². The van der Waals surface area contributed by atoms with E-state index in [1.54, 1.807) is 0 Å². The Morgan fingerprint density at radius 2 is 1.84 bits per heavy atom. The second-order valence-electron chi connectivity index (χ2n) is 6.52. The van der Waals surface area contributed by atoms with Gasteiger partial charge in [-0.2, -0.15) is 0 Å². The van der Waals surface area contributed by atoms with E-state index in [0.29, 0.717) is 0 Å². The zero-order chi connectivity index (χ0) is 13.5. The molecule has 104 valence electrons. The lowest BCUT2D eigenvalue weighted by Crippen LogP contribution is -2.67. The maximum atomic E-state index is 10.3. The molecular weight excluding hydrogens is 236 g/mol. The normalized spacial score (nSPS) is 37.8. The zero-order valence-electron chi connectivity index (χ0n) is 11.7. The first-order valence-corrected chi connectivity index (χ1v) is 7.26. The maximum Gasteiger partial charge on any atom is 0.0737 e. The summed E-state index contributed by atoms with van der Waals surface area (Å²) in [6.07, 6.45) is 4.62. The molecule has 1 atom stereocenters. The summed E-state index contributed by atoms with van der Waals surface area (Å²) in [4.78, 5) is 2.43. The molecule has 3 saturated carbocycles. The first-order valence-electron chi connectivity index (χ1n) is 7.26. The van der Waals surface area contributed by atoms with Crippen molar-refractivity contribution in [3.05, 3.63) is 35.9 Å². The van der Waals surface area contributed by atoms with Crippen molar-refractivity contribution in [2.75, 3.05) is 7.05 Å². The number of aliphatic hydroxyl groups is 1. The molecule has 3 heteroatoms. The summed E-state index contributed by atoms with van der Waals surface area (Å²) in [6, 6.07) is 10.6. The van der Waals surface area contributed by atoms with Crippen LogP contribution in [-0.2, 0) is 6.54 Å². The third-order valence-electron chi connectivity index (χ3n) is 5.42. The summed E-state index contributed by atoms with van der Waals surface area (Å²) in [7, 11) is 2.19. The van der Waals surface area contributed by atoms with Crippen molar-refractivity contribution in [1.29, 1.82) is 0 Å². The Labute approximate surface area is 115 Å². The number of hydrogen-bond acceptors (Lipinski definition) is 3. The minimum absolute atomic E-state index is 0.149. The van der Waals surface area contributed by atoms with Gasteiger partial charge in [-0.05, 0) is 44.7 Å². The number of hydrogen-bond donors (Lipinski definition) is 2. The fourth-order valence-corrected chi connectivity index (χ4v) is 3.84. The smallest absolute Gasteiger partial charge is 0.0737 e. The van der Waals surface area contributed by atoms with E-state index in [2.05, 4.69) is 42.3 Å². The maximum absolute atomic E-state index is 10.3. The lowest BCUT2D eigenvalue weighted by atomic mass is 9.60. The molecule has 4 rings (SSSR count). The largest absolute Gasteiger partial charge is 0.391 e. The Morgan fingerprint density at radius 1 is 1.21 bits per heavy atom. The molecule has 0 aliphatic heterocycles. The van der Waals surface area contributed by atoms with Crippen LogP contribution in [0.5, 0.6) is 0 Å². The number of nitrogens with two attached hydrogens (primary N) is 1. The fraction of sp³-hybridized carbons (Fsp3) is 0.625. The van der Waals surface area contributed by atoms with Crippen LogP contribution in [0.3, 0.4) is 0 Å². The van der Waals surface area contributed by atoms with Crippen LogP contribution >= 0.6 is 0 Å². The highest BCUT2D eigenvalue weighted by molar-refractivity contribution is 5.17. The van der Waals surface area contributed by atoms with E-state index in [4.69, 9.17) is 5.73 Å². The first kappa shape index (κ1) is 13.1. The lowest BCUT2D eigenvalue weighted by Gasteiger charge is -2.58. The molecule has 3 aliphatic carbocycles. The quantitative estimate of drug-likeness (QED) is 0.872. The van der Waals surface area contributed by atoms with Crippen molar-refractivity contribution in [3.8, 4) is 0 Å². The van der Waals surface area contributed by atoms with Gasteiger partial charge in [0, 0.05) is 17.6 Å².